The Hall–Kier alpha value is -1.88. The first kappa shape index (κ1) is 11.2. The van der Waals surface area contributed by atoms with E-state index in [1.165, 1.54) is 0 Å². The number of thiazole rings is 1. The molecule has 18 heavy (non-hydrogen) atoms. The van der Waals surface area contributed by atoms with Crippen LogP contribution in [-0.4, -0.2) is 14.5 Å². The normalized spacial score (nSPS) is 12.8. The van der Waals surface area contributed by atoms with Crippen molar-refractivity contribution in [2.24, 2.45) is 0 Å². The molecule has 0 saturated heterocycles. The van der Waals surface area contributed by atoms with Crippen molar-refractivity contribution in [2.75, 3.05) is 0 Å². The third kappa shape index (κ3) is 1.86. The highest BCUT2D eigenvalue weighted by Gasteiger charge is 2.16. The van der Waals surface area contributed by atoms with Gasteiger partial charge in [0.15, 0.2) is 11.6 Å². The van der Waals surface area contributed by atoms with Crippen LogP contribution < -0.4 is 0 Å². The summed E-state index contributed by atoms with van der Waals surface area (Å²) in [6.07, 6.45) is 5.40. The molecule has 0 saturated carbocycles. The summed E-state index contributed by atoms with van der Waals surface area (Å²) < 4.78 is 7.49. The van der Waals surface area contributed by atoms with E-state index in [9.17, 15) is 0 Å². The van der Waals surface area contributed by atoms with Gasteiger partial charge in [-0.15, -0.1) is 11.3 Å². The molecule has 3 heterocycles. The van der Waals surface area contributed by atoms with Crippen LogP contribution in [0.3, 0.4) is 0 Å². The van der Waals surface area contributed by atoms with Crippen LogP contribution >= 0.6 is 11.3 Å². The van der Waals surface area contributed by atoms with Crippen LogP contribution in [0.2, 0.25) is 0 Å². The summed E-state index contributed by atoms with van der Waals surface area (Å²) in [5.74, 6) is 1.61. The predicted molar refractivity (Wildman–Crippen MR) is 70.6 cm³/mol. The van der Waals surface area contributed by atoms with E-state index in [2.05, 4.69) is 26.8 Å². The minimum atomic E-state index is 0.151. The molecule has 0 aliphatic carbocycles. The highest BCUT2D eigenvalue weighted by atomic mass is 32.1. The van der Waals surface area contributed by atoms with Gasteiger partial charge in [-0.1, -0.05) is 0 Å². The van der Waals surface area contributed by atoms with E-state index in [0.29, 0.717) is 0 Å². The van der Waals surface area contributed by atoms with Crippen LogP contribution in [0.4, 0.5) is 0 Å². The maximum atomic E-state index is 5.41. The molecule has 0 fully saturated rings. The molecule has 0 radical (unpaired) electrons. The minimum Gasteiger partial charge on any atom is -0.461 e. The van der Waals surface area contributed by atoms with Crippen molar-refractivity contribution in [1.29, 1.82) is 0 Å². The van der Waals surface area contributed by atoms with Gasteiger partial charge in [-0.25, -0.2) is 9.97 Å². The Morgan fingerprint density at radius 2 is 2.33 bits per heavy atom. The van der Waals surface area contributed by atoms with Crippen LogP contribution in [0.5, 0.6) is 0 Å². The van der Waals surface area contributed by atoms with E-state index >= 15 is 0 Å². The molecule has 5 heteroatoms. The molecular formula is C13H13N3OS. The molecule has 4 nitrogen and oxygen atoms in total. The molecule has 1 atom stereocenters. The van der Waals surface area contributed by atoms with Gasteiger partial charge in [-0.05, 0) is 26.0 Å². The van der Waals surface area contributed by atoms with Crippen LogP contribution in [-0.2, 0) is 0 Å². The lowest BCUT2D eigenvalue weighted by Gasteiger charge is -2.13. The lowest BCUT2D eigenvalue weighted by molar-refractivity contribution is 0.558. The SMILES string of the molecule is Cc1nc(C(C)n2ccnc2-c2ccco2)cs1. The van der Waals surface area contributed by atoms with Crippen LogP contribution in [0.25, 0.3) is 11.6 Å². The highest BCUT2D eigenvalue weighted by molar-refractivity contribution is 7.09. The molecule has 3 rings (SSSR count). The topological polar surface area (TPSA) is 43.9 Å². The fourth-order valence-corrected chi connectivity index (χ4v) is 2.64. The van der Waals surface area contributed by atoms with Crippen molar-refractivity contribution >= 4 is 11.3 Å². The molecule has 0 amide bonds. The predicted octanol–water partition coefficient (Wildman–Crippen LogP) is 3.52. The Morgan fingerprint density at radius 3 is 3.00 bits per heavy atom. The largest absolute Gasteiger partial charge is 0.461 e. The standard InChI is InChI=1S/C13H13N3OS/c1-9(11-8-18-10(2)15-11)16-6-5-14-13(16)12-4-3-7-17-12/h3-9H,1-2H3. The molecule has 0 spiro atoms. The van der Waals surface area contributed by atoms with Gasteiger partial charge in [0.1, 0.15) is 0 Å². The lowest BCUT2D eigenvalue weighted by Crippen LogP contribution is -2.07. The number of hydrogen-bond acceptors (Lipinski definition) is 4. The third-order valence-electron chi connectivity index (χ3n) is 2.89. The number of rotatable bonds is 3. The van der Waals surface area contributed by atoms with E-state index in [4.69, 9.17) is 4.42 Å². The number of imidazole rings is 1. The maximum absolute atomic E-state index is 5.41. The minimum absolute atomic E-state index is 0.151. The molecule has 3 aromatic rings. The van der Waals surface area contributed by atoms with E-state index in [-0.39, 0.29) is 6.04 Å². The van der Waals surface area contributed by atoms with Crippen molar-refractivity contribution in [3.8, 4) is 11.6 Å². The van der Waals surface area contributed by atoms with Gasteiger partial charge in [0.2, 0.25) is 0 Å². The molecule has 1 unspecified atom stereocenters. The average Bonchev–Trinajstić information content (AvgIpc) is 3.08. The summed E-state index contributed by atoms with van der Waals surface area (Å²) in [5.41, 5.74) is 1.06. The summed E-state index contributed by atoms with van der Waals surface area (Å²) in [6, 6.07) is 3.93. The first-order valence-electron chi connectivity index (χ1n) is 5.74. The van der Waals surface area contributed by atoms with E-state index in [1.807, 2.05) is 25.3 Å². The second kappa shape index (κ2) is 4.42. The van der Waals surface area contributed by atoms with E-state index < -0.39 is 0 Å². The number of furan rings is 1. The smallest absolute Gasteiger partial charge is 0.176 e. The number of aromatic nitrogens is 3. The van der Waals surface area contributed by atoms with Gasteiger partial charge < -0.3 is 8.98 Å². The first-order valence-corrected chi connectivity index (χ1v) is 6.62. The zero-order valence-electron chi connectivity index (χ0n) is 10.2. The van der Waals surface area contributed by atoms with Crippen LogP contribution in [0.15, 0.2) is 40.6 Å². The van der Waals surface area contributed by atoms with Crippen LogP contribution in [0, 0.1) is 6.92 Å². The molecule has 3 aromatic heterocycles. The average molecular weight is 259 g/mol. The third-order valence-corrected chi connectivity index (χ3v) is 3.68. The molecule has 92 valence electrons. The fourth-order valence-electron chi connectivity index (χ4n) is 1.94. The number of aryl methyl sites for hydroxylation is 1. The maximum Gasteiger partial charge on any atom is 0.176 e. The van der Waals surface area contributed by atoms with E-state index in [0.717, 1.165) is 22.3 Å². The second-order valence-electron chi connectivity index (χ2n) is 4.10. The van der Waals surface area contributed by atoms with Crippen molar-refractivity contribution in [3.05, 3.63) is 46.9 Å². The lowest BCUT2D eigenvalue weighted by atomic mass is 10.2. The molecule has 0 bridgehead atoms. The molecule has 0 aliphatic heterocycles. The molecular weight excluding hydrogens is 246 g/mol. The summed E-state index contributed by atoms with van der Waals surface area (Å²) >= 11 is 1.67. The summed E-state index contributed by atoms with van der Waals surface area (Å²) in [5, 5.41) is 3.17. The van der Waals surface area contributed by atoms with Gasteiger partial charge in [-0.2, -0.15) is 0 Å². The fraction of sp³-hybridized carbons (Fsp3) is 0.231. The van der Waals surface area contributed by atoms with E-state index in [1.54, 1.807) is 23.8 Å². The van der Waals surface area contributed by atoms with Crippen molar-refractivity contribution < 1.29 is 4.42 Å². The summed E-state index contributed by atoms with van der Waals surface area (Å²) in [4.78, 5) is 8.89. The van der Waals surface area contributed by atoms with Crippen molar-refractivity contribution in [2.45, 2.75) is 19.9 Å². The van der Waals surface area contributed by atoms with Gasteiger partial charge >= 0.3 is 0 Å². The molecule has 0 aromatic carbocycles. The monoisotopic (exact) mass is 259 g/mol. The van der Waals surface area contributed by atoms with Gasteiger partial charge in [0.05, 0.1) is 23.0 Å². The number of nitrogens with zero attached hydrogens (tertiary/aromatic N) is 3. The summed E-state index contributed by atoms with van der Waals surface area (Å²) in [7, 11) is 0. The van der Waals surface area contributed by atoms with Gasteiger partial charge in [-0.3, -0.25) is 0 Å². The number of hydrogen-bond donors (Lipinski definition) is 0. The zero-order chi connectivity index (χ0) is 12.5. The molecule has 0 aliphatic rings. The van der Waals surface area contributed by atoms with Crippen LogP contribution in [0.1, 0.15) is 23.7 Å². The Kier molecular flexibility index (Phi) is 2.76. The Labute approximate surface area is 109 Å². The van der Waals surface area contributed by atoms with Gasteiger partial charge in [0, 0.05) is 17.8 Å². The Morgan fingerprint density at radius 1 is 1.44 bits per heavy atom. The highest BCUT2D eigenvalue weighted by Crippen LogP contribution is 2.26. The first-order chi connectivity index (χ1) is 8.75. The Balaban J connectivity index is 2.00. The van der Waals surface area contributed by atoms with Crippen molar-refractivity contribution in [1.82, 2.24) is 14.5 Å². The van der Waals surface area contributed by atoms with Gasteiger partial charge in [0.25, 0.3) is 0 Å². The quantitative estimate of drug-likeness (QED) is 0.723. The zero-order valence-corrected chi connectivity index (χ0v) is 11.0. The Bertz CT molecular complexity index is 639. The summed E-state index contributed by atoms with van der Waals surface area (Å²) in [6.45, 7) is 4.13. The van der Waals surface area contributed by atoms with Crippen molar-refractivity contribution in [3.63, 3.8) is 0 Å². The second-order valence-corrected chi connectivity index (χ2v) is 5.17. The molecule has 0 N–H and O–H groups in total.